The molecule has 6 nitrogen and oxygen atoms in total. The van der Waals surface area contributed by atoms with E-state index in [2.05, 4.69) is 4.99 Å². The van der Waals surface area contributed by atoms with E-state index < -0.39 is 16.8 Å². The van der Waals surface area contributed by atoms with Crippen molar-refractivity contribution in [3.05, 3.63) is 58.9 Å². The first kappa shape index (κ1) is 21.6. The summed E-state index contributed by atoms with van der Waals surface area (Å²) in [7, 11) is 4.78. The topological polar surface area (TPSA) is 77.2 Å². The van der Waals surface area contributed by atoms with Crippen molar-refractivity contribution in [2.24, 2.45) is 16.1 Å². The van der Waals surface area contributed by atoms with Crippen LogP contribution in [0.25, 0.3) is 0 Å². The average molecular weight is 413 g/mol. The van der Waals surface area contributed by atoms with Crippen LogP contribution >= 0.6 is 0 Å². The molecule has 0 bridgehead atoms. The van der Waals surface area contributed by atoms with Crippen molar-refractivity contribution in [2.45, 2.75) is 32.7 Å². The fraction of sp³-hybridized carbons (Fsp3) is 0.391. The molecule has 0 saturated heterocycles. The Labute approximate surface area is 176 Å². The summed E-state index contributed by atoms with van der Waals surface area (Å²) in [5.74, 6) is 0.850. The molecule has 30 heavy (non-hydrogen) atoms. The molecule has 0 spiro atoms. The lowest BCUT2D eigenvalue weighted by Crippen LogP contribution is -2.58. The van der Waals surface area contributed by atoms with Gasteiger partial charge in [0.25, 0.3) is 0 Å². The summed E-state index contributed by atoms with van der Waals surface area (Å²) in [6, 6.07) is 10.4. The normalized spacial score (nSPS) is 20.7. The molecule has 0 radical (unpaired) electrons. The number of carbonyl (C=O) groups is 1. The Morgan fingerprint density at radius 1 is 1.10 bits per heavy atom. The number of hydrogen-bond acceptors (Lipinski definition) is 5. The van der Waals surface area contributed by atoms with Gasteiger partial charge in [0.2, 0.25) is 5.91 Å². The third kappa shape index (κ3) is 3.38. The number of benzene rings is 2. The number of aliphatic imine (C=N–C) groups is 1. The third-order valence-electron chi connectivity index (χ3n) is 6.18. The second-order valence-electron chi connectivity index (χ2n) is 8.20. The molecule has 160 valence electrons. The van der Waals surface area contributed by atoms with Crippen LogP contribution in [-0.4, -0.2) is 38.0 Å². The first-order valence-corrected chi connectivity index (χ1v) is 9.68. The van der Waals surface area contributed by atoms with Crippen LogP contribution in [0, 0.1) is 11.2 Å². The smallest absolute Gasteiger partial charge is 0.237 e. The Hall–Kier alpha value is -3.09. The largest absolute Gasteiger partial charge is 0.497 e. The molecule has 1 aliphatic rings. The Kier molecular flexibility index (Phi) is 5.50. The molecular weight excluding hydrogens is 385 g/mol. The van der Waals surface area contributed by atoms with Crippen LogP contribution in [0.3, 0.4) is 0 Å². The summed E-state index contributed by atoms with van der Waals surface area (Å²) in [6.07, 6.45) is 0.497. The van der Waals surface area contributed by atoms with Gasteiger partial charge in [-0.15, -0.1) is 0 Å². The predicted molar refractivity (Wildman–Crippen MR) is 114 cm³/mol. The maximum absolute atomic E-state index is 15.0. The Morgan fingerprint density at radius 3 is 2.43 bits per heavy atom. The summed E-state index contributed by atoms with van der Waals surface area (Å²) < 4.78 is 25.8. The maximum atomic E-state index is 15.0. The highest BCUT2D eigenvalue weighted by Gasteiger charge is 2.53. The molecule has 0 unspecified atom stereocenters. The number of methoxy groups -OCH3 is 2. The highest BCUT2D eigenvalue weighted by Crippen LogP contribution is 2.47. The number of ether oxygens (including phenoxy) is 2. The summed E-state index contributed by atoms with van der Waals surface area (Å²) in [5.41, 5.74) is 5.94. The van der Waals surface area contributed by atoms with Crippen LogP contribution in [-0.2, 0) is 16.8 Å². The number of nitrogens with zero attached hydrogens (tertiary/aromatic N) is 2. The summed E-state index contributed by atoms with van der Waals surface area (Å²) in [5, 5.41) is 0. The quantitative estimate of drug-likeness (QED) is 0.814. The standard InChI is InChI=1S/C23H28FN3O3/c1-22(2)20(28)27(4)21(25)26-23(22,3)17-12-14(7-9-18(17)24)11-15-13-16(29-5)8-10-19(15)30-6/h7-10,12-13H,11H2,1-6H3,(H2,25,26)/t23-/m1/s1. The number of carbonyl (C=O) groups excluding carboxylic acids is 1. The van der Waals surface area contributed by atoms with Gasteiger partial charge >= 0.3 is 0 Å². The molecule has 2 N–H and O–H groups in total. The lowest BCUT2D eigenvalue weighted by molar-refractivity contribution is -0.140. The Morgan fingerprint density at radius 2 is 1.80 bits per heavy atom. The van der Waals surface area contributed by atoms with E-state index in [0.29, 0.717) is 23.5 Å². The number of amides is 1. The van der Waals surface area contributed by atoms with Gasteiger partial charge in [-0.1, -0.05) is 12.1 Å². The van der Waals surface area contributed by atoms with Gasteiger partial charge in [0, 0.05) is 24.6 Å². The lowest BCUT2D eigenvalue weighted by Gasteiger charge is -2.46. The lowest BCUT2D eigenvalue weighted by atomic mass is 9.67. The van der Waals surface area contributed by atoms with Crippen molar-refractivity contribution >= 4 is 11.9 Å². The van der Waals surface area contributed by atoms with Crippen molar-refractivity contribution in [1.29, 1.82) is 0 Å². The predicted octanol–water partition coefficient (Wildman–Crippen LogP) is 3.46. The molecule has 2 aromatic rings. The Bertz CT molecular complexity index is 1020. The van der Waals surface area contributed by atoms with Crippen molar-refractivity contribution < 1.29 is 18.7 Å². The molecule has 3 rings (SSSR count). The van der Waals surface area contributed by atoms with Crippen LogP contribution in [0.4, 0.5) is 4.39 Å². The Balaban J connectivity index is 2.10. The van der Waals surface area contributed by atoms with Gasteiger partial charge in [-0.2, -0.15) is 0 Å². The third-order valence-corrected chi connectivity index (χ3v) is 6.18. The van der Waals surface area contributed by atoms with E-state index >= 15 is 4.39 Å². The van der Waals surface area contributed by atoms with E-state index in [4.69, 9.17) is 15.2 Å². The van der Waals surface area contributed by atoms with E-state index in [1.165, 1.54) is 11.0 Å². The summed E-state index contributed by atoms with van der Waals surface area (Å²) in [6.45, 7) is 5.27. The second-order valence-corrected chi connectivity index (χ2v) is 8.20. The van der Waals surface area contributed by atoms with E-state index in [1.807, 2.05) is 18.2 Å². The molecule has 1 atom stereocenters. The van der Waals surface area contributed by atoms with Gasteiger partial charge in [-0.3, -0.25) is 9.69 Å². The minimum absolute atomic E-state index is 0.0705. The van der Waals surface area contributed by atoms with Crippen molar-refractivity contribution in [3.8, 4) is 11.5 Å². The monoisotopic (exact) mass is 413 g/mol. The molecule has 0 saturated carbocycles. The number of guanidine groups is 1. The minimum Gasteiger partial charge on any atom is -0.497 e. The number of halogens is 1. The van der Waals surface area contributed by atoms with E-state index in [-0.39, 0.29) is 11.9 Å². The number of nitrogens with two attached hydrogens (primary N) is 1. The van der Waals surface area contributed by atoms with Crippen LogP contribution in [0.1, 0.15) is 37.5 Å². The van der Waals surface area contributed by atoms with Crippen LogP contribution in [0.5, 0.6) is 11.5 Å². The highest BCUT2D eigenvalue weighted by molar-refractivity contribution is 6.01. The van der Waals surface area contributed by atoms with Crippen molar-refractivity contribution in [2.75, 3.05) is 21.3 Å². The van der Waals surface area contributed by atoms with Gasteiger partial charge in [-0.05, 0) is 50.6 Å². The zero-order valence-corrected chi connectivity index (χ0v) is 18.2. The zero-order chi connectivity index (χ0) is 22.3. The zero-order valence-electron chi connectivity index (χ0n) is 18.2. The van der Waals surface area contributed by atoms with Crippen molar-refractivity contribution in [1.82, 2.24) is 4.90 Å². The number of rotatable bonds is 5. The molecular formula is C23H28FN3O3. The van der Waals surface area contributed by atoms with Gasteiger partial charge in [0.05, 0.1) is 19.6 Å². The minimum atomic E-state index is -1.15. The fourth-order valence-corrected chi connectivity index (χ4v) is 3.87. The van der Waals surface area contributed by atoms with Crippen LogP contribution in [0.15, 0.2) is 41.4 Å². The van der Waals surface area contributed by atoms with E-state index in [9.17, 15) is 4.79 Å². The molecule has 0 fully saturated rings. The summed E-state index contributed by atoms with van der Waals surface area (Å²) in [4.78, 5) is 18.8. The van der Waals surface area contributed by atoms with Crippen LogP contribution in [0.2, 0.25) is 0 Å². The molecule has 0 aliphatic carbocycles. The SMILES string of the molecule is COc1ccc(OC)c(Cc2ccc(F)c([C@@]3(C)N=C(N)N(C)C(=O)C3(C)C)c2)c1. The number of hydrogen-bond donors (Lipinski definition) is 1. The maximum Gasteiger partial charge on any atom is 0.237 e. The summed E-state index contributed by atoms with van der Waals surface area (Å²) >= 11 is 0. The first-order chi connectivity index (χ1) is 14.0. The van der Waals surface area contributed by atoms with Crippen LogP contribution < -0.4 is 15.2 Å². The van der Waals surface area contributed by atoms with Crippen molar-refractivity contribution in [3.63, 3.8) is 0 Å². The van der Waals surface area contributed by atoms with Gasteiger partial charge < -0.3 is 15.2 Å². The molecule has 1 amide bonds. The second kappa shape index (κ2) is 7.63. The highest BCUT2D eigenvalue weighted by atomic mass is 19.1. The first-order valence-electron chi connectivity index (χ1n) is 9.68. The fourth-order valence-electron chi connectivity index (χ4n) is 3.87. The average Bonchev–Trinajstić information content (AvgIpc) is 2.72. The van der Waals surface area contributed by atoms with Gasteiger partial charge in [0.15, 0.2) is 5.96 Å². The molecule has 2 aromatic carbocycles. The van der Waals surface area contributed by atoms with Gasteiger partial charge in [-0.25, -0.2) is 9.38 Å². The van der Waals surface area contributed by atoms with Gasteiger partial charge in [0.1, 0.15) is 22.9 Å². The van der Waals surface area contributed by atoms with E-state index in [1.54, 1.807) is 54.2 Å². The molecule has 0 aromatic heterocycles. The molecule has 7 heteroatoms. The molecule has 1 aliphatic heterocycles. The van der Waals surface area contributed by atoms with E-state index in [0.717, 1.165) is 11.1 Å². The molecule has 1 heterocycles.